The second-order valence-electron chi connectivity index (χ2n) is 4.73. The van der Waals surface area contributed by atoms with E-state index in [9.17, 15) is 9.59 Å². The number of hydrogen-bond acceptors (Lipinski definition) is 3. The molecule has 1 aromatic rings. The Morgan fingerprint density at radius 1 is 1.37 bits per heavy atom. The Labute approximate surface area is 113 Å². The van der Waals surface area contributed by atoms with Gasteiger partial charge in [-0.05, 0) is 24.0 Å². The maximum absolute atomic E-state index is 12.0. The number of hydrogen-bond donors (Lipinski definition) is 1. The zero-order valence-corrected chi connectivity index (χ0v) is 11.1. The van der Waals surface area contributed by atoms with Crippen molar-refractivity contribution in [1.82, 2.24) is 5.32 Å². The molecule has 1 amide bonds. The number of rotatable bonds is 4. The number of fused-ring (bicyclic) bond motifs is 1. The van der Waals surface area contributed by atoms with Gasteiger partial charge in [-0.15, -0.1) is 0 Å². The Bertz CT molecular complexity index is 470. The second-order valence-corrected chi connectivity index (χ2v) is 4.73. The van der Waals surface area contributed by atoms with Crippen LogP contribution < -0.4 is 5.32 Å². The maximum Gasteiger partial charge on any atom is 0.407 e. The van der Waals surface area contributed by atoms with E-state index in [-0.39, 0.29) is 5.78 Å². The molecule has 1 aliphatic carbocycles. The Morgan fingerprint density at radius 3 is 2.95 bits per heavy atom. The van der Waals surface area contributed by atoms with Gasteiger partial charge >= 0.3 is 6.09 Å². The quantitative estimate of drug-likeness (QED) is 0.848. The van der Waals surface area contributed by atoms with E-state index in [1.54, 1.807) is 0 Å². The van der Waals surface area contributed by atoms with Crippen LogP contribution in [0.3, 0.4) is 0 Å². The van der Waals surface area contributed by atoms with Gasteiger partial charge in [-0.2, -0.15) is 0 Å². The fourth-order valence-electron chi connectivity index (χ4n) is 2.25. The molecule has 0 bridgehead atoms. The van der Waals surface area contributed by atoms with Crippen molar-refractivity contribution in [3.8, 4) is 0 Å². The molecule has 4 nitrogen and oxygen atoms in total. The van der Waals surface area contributed by atoms with E-state index >= 15 is 0 Å². The summed E-state index contributed by atoms with van der Waals surface area (Å²) in [6, 6.07) is 7.17. The second kappa shape index (κ2) is 6.36. The number of nitrogens with one attached hydrogen (secondary N) is 1. The Kier molecular flexibility index (Phi) is 4.55. The summed E-state index contributed by atoms with van der Waals surface area (Å²) in [6.45, 7) is 2.42. The van der Waals surface area contributed by atoms with Crippen molar-refractivity contribution in [3.05, 3.63) is 35.4 Å². The molecule has 0 radical (unpaired) electrons. The number of aryl methyl sites for hydroxylation is 1. The first-order valence-corrected chi connectivity index (χ1v) is 6.76. The highest BCUT2D eigenvalue weighted by Gasteiger charge is 2.28. The third-order valence-corrected chi connectivity index (χ3v) is 3.32. The van der Waals surface area contributed by atoms with Crippen molar-refractivity contribution < 1.29 is 14.3 Å². The van der Waals surface area contributed by atoms with Gasteiger partial charge in [-0.25, -0.2) is 4.79 Å². The summed E-state index contributed by atoms with van der Waals surface area (Å²) in [5.74, 6) is 0.0474. The van der Waals surface area contributed by atoms with Gasteiger partial charge in [0.25, 0.3) is 0 Å². The number of ether oxygens (including phenoxy) is 1. The van der Waals surface area contributed by atoms with Crippen molar-refractivity contribution in [2.75, 3.05) is 6.61 Å². The molecule has 0 aliphatic heterocycles. The number of carbonyl (C=O) groups excluding carboxylic acids is 2. The van der Waals surface area contributed by atoms with Gasteiger partial charge in [0.15, 0.2) is 5.78 Å². The molecular formula is C15H19NO3. The van der Waals surface area contributed by atoms with Crippen molar-refractivity contribution in [2.24, 2.45) is 0 Å². The van der Waals surface area contributed by atoms with Crippen LogP contribution in [0.2, 0.25) is 0 Å². The van der Waals surface area contributed by atoms with Gasteiger partial charge in [-0.1, -0.05) is 37.6 Å². The molecule has 102 valence electrons. The molecule has 0 spiro atoms. The summed E-state index contributed by atoms with van der Waals surface area (Å²) in [4.78, 5) is 23.6. The average Bonchev–Trinajstić information content (AvgIpc) is 2.42. The van der Waals surface area contributed by atoms with Crippen LogP contribution in [0.4, 0.5) is 4.79 Å². The fraction of sp³-hybridized carbons (Fsp3) is 0.467. The average molecular weight is 261 g/mol. The van der Waals surface area contributed by atoms with Crippen LogP contribution in [-0.2, 0) is 16.0 Å². The highest BCUT2D eigenvalue weighted by atomic mass is 16.5. The number of ketones is 1. The van der Waals surface area contributed by atoms with E-state index in [1.165, 1.54) is 0 Å². The van der Waals surface area contributed by atoms with Gasteiger partial charge in [0.1, 0.15) is 6.04 Å². The SMILES string of the molecule is CCCCOC(=O)NC1C(=O)CCc2ccccc21. The minimum Gasteiger partial charge on any atom is -0.450 e. The largest absolute Gasteiger partial charge is 0.450 e. The predicted molar refractivity (Wildman–Crippen MR) is 71.9 cm³/mol. The molecule has 1 aromatic carbocycles. The Balaban J connectivity index is 2.03. The van der Waals surface area contributed by atoms with Gasteiger partial charge in [0, 0.05) is 6.42 Å². The lowest BCUT2D eigenvalue weighted by molar-refractivity contribution is -0.121. The van der Waals surface area contributed by atoms with Crippen LogP contribution in [0.1, 0.15) is 43.4 Å². The molecule has 1 atom stereocenters. The molecule has 0 heterocycles. The lowest BCUT2D eigenvalue weighted by Gasteiger charge is -2.24. The van der Waals surface area contributed by atoms with Crippen molar-refractivity contribution in [2.45, 2.75) is 38.6 Å². The predicted octanol–water partition coefficient (Wildman–Crippen LogP) is 2.77. The minimum atomic E-state index is -0.556. The third-order valence-electron chi connectivity index (χ3n) is 3.32. The summed E-state index contributed by atoms with van der Waals surface area (Å²) in [6.07, 6.45) is 2.51. The van der Waals surface area contributed by atoms with Crippen LogP contribution in [0, 0.1) is 0 Å². The molecule has 0 saturated heterocycles. The van der Waals surface area contributed by atoms with E-state index in [0.717, 1.165) is 30.4 Å². The normalized spacial score (nSPS) is 17.7. The van der Waals surface area contributed by atoms with Crippen LogP contribution in [0.25, 0.3) is 0 Å². The summed E-state index contributed by atoms with van der Waals surface area (Å²) < 4.78 is 5.05. The molecule has 1 unspecified atom stereocenters. The Hall–Kier alpha value is -1.84. The van der Waals surface area contributed by atoms with Crippen molar-refractivity contribution in [1.29, 1.82) is 0 Å². The number of Topliss-reactive ketones (excluding diaryl/α,β-unsaturated/α-hetero) is 1. The molecule has 4 heteroatoms. The number of carbonyl (C=O) groups is 2. The lowest BCUT2D eigenvalue weighted by Crippen LogP contribution is -2.37. The van der Waals surface area contributed by atoms with E-state index in [1.807, 2.05) is 31.2 Å². The summed E-state index contributed by atoms with van der Waals surface area (Å²) in [7, 11) is 0. The molecular weight excluding hydrogens is 242 g/mol. The molecule has 0 fully saturated rings. The van der Waals surface area contributed by atoms with Crippen molar-refractivity contribution >= 4 is 11.9 Å². The van der Waals surface area contributed by atoms with E-state index in [2.05, 4.69) is 5.32 Å². The van der Waals surface area contributed by atoms with Crippen LogP contribution in [0.15, 0.2) is 24.3 Å². The van der Waals surface area contributed by atoms with Crippen LogP contribution in [0.5, 0.6) is 0 Å². The molecule has 1 aliphatic rings. The standard InChI is InChI=1S/C15H19NO3/c1-2-3-10-19-15(18)16-14-12-7-5-4-6-11(12)8-9-13(14)17/h4-7,14H,2-3,8-10H2,1H3,(H,16,18). The lowest BCUT2D eigenvalue weighted by atomic mass is 9.87. The van der Waals surface area contributed by atoms with Crippen molar-refractivity contribution in [3.63, 3.8) is 0 Å². The minimum absolute atomic E-state index is 0.0474. The highest BCUT2D eigenvalue weighted by Crippen LogP contribution is 2.26. The number of alkyl carbamates (subject to hydrolysis) is 1. The van der Waals surface area contributed by atoms with Gasteiger partial charge in [0.05, 0.1) is 6.61 Å². The van der Waals surface area contributed by atoms with E-state index in [4.69, 9.17) is 4.74 Å². The first-order valence-electron chi connectivity index (χ1n) is 6.76. The third kappa shape index (κ3) is 3.34. The molecule has 0 saturated carbocycles. The van der Waals surface area contributed by atoms with Crippen LogP contribution in [-0.4, -0.2) is 18.5 Å². The number of unbranched alkanes of at least 4 members (excludes halogenated alkanes) is 1. The summed E-state index contributed by atoms with van der Waals surface area (Å²) in [5.41, 5.74) is 2.02. The molecule has 0 aromatic heterocycles. The number of amides is 1. The Morgan fingerprint density at radius 2 is 2.16 bits per heavy atom. The van der Waals surface area contributed by atoms with Crippen LogP contribution >= 0.6 is 0 Å². The summed E-state index contributed by atoms with van der Waals surface area (Å²) >= 11 is 0. The first kappa shape index (κ1) is 13.6. The van der Waals surface area contributed by atoms with Gasteiger partial charge in [-0.3, -0.25) is 4.79 Å². The first-order chi connectivity index (χ1) is 9.22. The fourth-order valence-corrected chi connectivity index (χ4v) is 2.25. The zero-order valence-electron chi connectivity index (χ0n) is 11.1. The maximum atomic E-state index is 12.0. The molecule has 2 rings (SSSR count). The molecule has 1 N–H and O–H groups in total. The molecule has 19 heavy (non-hydrogen) atoms. The van der Waals surface area contributed by atoms with E-state index in [0.29, 0.717) is 13.0 Å². The van der Waals surface area contributed by atoms with Gasteiger partial charge in [0.2, 0.25) is 0 Å². The van der Waals surface area contributed by atoms with E-state index < -0.39 is 12.1 Å². The van der Waals surface area contributed by atoms with Gasteiger partial charge < -0.3 is 10.1 Å². The monoisotopic (exact) mass is 261 g/mol. The zero-order chi connectivity index (χ0) is 13.7. The number of benzene rings is 1. The topological polar surface area (TPSA) is 55.4 Å². The smallest absolute Gasteiger partial charge is 0.407 e. The highest BCUT2D eigenvalue weighted by molar-refractivity contribution is 5.90. The summed E-state index contributed by atoms with van der Waals surface area (Å²) in [5, 5.41) is 2.67.